The van der Waals surface area contributed by atoms with Crippen LogP contribution in [-0.2, 0) is 23.6 Å². The number of halogens is 1. The molecule has 0 fully saturated rings. The highest BCUT2D eigenvalue weighted by Gasteiger charge is 2.43. The summed E-state index contributed by atoms with van der Waals surface area (Å²) in [7, 11) is 2.75. The van der Waals surface area contributed by atoms with Crippen LogP contribution >= 0.6 is 0 Å². The summed E-state index contributed by atoms with van der Waals surface area (Å²) >= 11 is 0. The van der Waals surface area contributed by atoms with Crippen molar-refractivity contribution < 1.29 is 81.9 Å². The summed E-state index contributed by atoms with van der Waals surface area (Å²) in [5.74, 6) is -5.75. The molecule has 0 radical (unpaired) electrons. The highest BCUT2D eigenvalue weighted by Crippen LogP contribution is 2.52. The summed E-state index contributed by atoms with van der Waals surface area (Å²) in [6, 6.07) is 60.8. The number of rotatable bonds is 4. The van der Waals surface area contributed by atoms with Gasteiger partial charge in [0, 0.05) is 138 Å². The molecule has 24 heteroatoms. The van der Waals surface area contributed by atoms with Crippen LogP contribution < -0.4 is 28.7 Å². The number of ether oxygens (including phenoxy) is 2. The standard InChI is InChI=1S/C36H22N4O4.C34H16N4O4.C24H8O6.C6H7N.CH3F/c1-37-15-11-19(12-16-37)39-33(41)25-7-3-21-23-5-9-27-32-28(36(44)40(35(27)43)20-13-17-38(2)18-14-20)10-6-24(30(23)32)22-4-8-26(34(39)42)31(25)29(21)22;39-31-23-5-1-19-20-2-6-25-30-26(34(42)38(33(25)41)18-11-15-36-16-12-18)8-4-22(28(20)30)21-3-7-24(29(23)27(19)21)32(40)37(31)17-9-13-35-14-10-17;25-21-13-5-1-9-10-2-6-15-20-16(24(28)30-23(15)27)8-4-12(18(10)20)11-3-7-14(22(26)29-21)19(13)17(9)11;1-6-2-4-7-5-3-6;1-2/h3-18H,1-2H3;1-16H;1-8H;2-5H,1H3;1H3/q+2;;;;/i;;;;1D. The van der Waals surface area contributed by atoms with E-state index in [0.717, 1.165) is 97.0 Å². The smallest absolute Gasteiger partial charge is 0.346 e. The van der Waals surface area contributed by atoms with Crippen LogP contribution in [0.1, 0.15) is 131 Å². The van der Waals surface area contributed by atoms with Crippen molar-refractivity contribution in [1.82, 2.24) is 15.0 Å². The Labute approximate surface area is 704 Å². The van der Waals surface area contributed by atoms with Crippen molar-refractivity contribution >= 4 is 223 Å². The summed E-state index contributed by atoms with van der Waals surface area (Å²) in [6.45, 7) is 2.04. The van der Waals surface area contributed by atoms with Gasteiger partial charge in [0.25, 0.3) is 47.3 Å². The monoisotopic (exact) mass is 1640 g/mol. The molecule has 0 atom stereocenters. The molecule has 6 aliphatic rings. The number of benzene rings is 15. The van der Waals surface area contributed by atoms with Crippen LogP contribution in [0.5, 0.6) is 0 Å². The van der Waals surface area contributed by atoms with Gasteiger partial charge in [-0.1, -0.05) is 72.8 Å². The van der Waals surface area contributed by atoms with Gasteiger partial charge in [-0.25, -0.2) is 47.9 Å². The normalized spacial score (nSPS) is 14.5. The van der Waals surface area contributed by atoms with Crippen LogP contribution in [0.25, 0.3) is 129 Å². The van der Waals surface area contributed by atoms with Crippen LogP contribution in [0.15, 0.2) is 268 Å². The van der Waals surface area contributed by atoms with E-state index in [4.69, 9.17) is 10.8 Å². The van der Waals surface area contributed by atoms with E-state index < -0.39 is 54.7 Å². The lowest BCUT2D eigenvalue weighted by molar-refractivity contribution is -0.671. The van der Waals surface area contributed by atoms with Gasteiger partial charge >= 0.3 is 23.9 Å². The zero-order valence-corrected chi connectivity index (χ0v) is 65.7. The molecular formula is C101H56FN9O14+2. The van der Waals surface area contributed by atoms with Gasteiger partial charge in [0.2, 0.25) is 0 Å². The Morgan fingerprint density at radius 3 is 0.576 bits per heavy atom. The quantitative estimate of drug-likeness (QED) is 0.0395. The van der Waals surface area contributed by atoms with E-state index >= 15 is 0 Å². The van der Waals surface area contributed by atoms with Crippen molar-refractivity contribution in [2.45, 2.75) is 6.92 Å². The largest absolute Gasteiger partial charge is 0.386 e. The van der Waals surface area contributed by atoms with Crippen LogP contribution in [0.4, 0.5) is 27.1 Å². The molecule has 0 bridgehead atoms. The summed E-state index contributed by atoms with van der Waals surface area (Å²) in [6.07, 6.45) is 17.0. The molecule has 0 saturated carbocycles. The third-order valence-corrected chi connectivity index (χ3v) is 24.6. The van der Waals surface area contributed by atoms with Crippen LogP contribution in [0.2, 0.25) is 0 Å². The maximum Gasteiger partial charge on any atom is 0.346 e. The number of nitrogens with zero attached hydrogens (tertiary/aromatic N) is 9. The Kier molecular flexibility index (Phi) is 16.0. The second-order valence-electron chi connectivity index (χ2n) is 30.9. The molecule has 26 rings (SSSR count). The minimum atomic E-state index is -1.00. The number of anilines is 4. The molecule has 15 aromatic carbocycles. The number of cyclic esters (lactones) is 4. The van der Waals surface area contributed by atoms with E-state index in [9.17, 15) is 61.9 Å². The SMILES string of the molecule is C[n+]1ccc(N2C(=O)c3ccc4c5ccc6c7c(ccc(c8ccc(c3c48)C2=O)c75)C(=O)N(c2cc[n+](C)cc2)C6=O)cc1.Cc1ccncc1.O=C1OC(=O)c2ccc3c4ccc5c6c(ccc(c7ccc1c2c73)c64)C(=O)OC5=O.O=C1c2ccc3c4ccc5c6c(ccc(c7ccc(c2c37)C(=O)N1c1ccncc1)c64)C(=O)N(c1ccncc1)C5=O.[2H]CF. The number of pyridine rings is 5. The Bertz CT molecular complexity index is 7640. The minimum Gasteiger partial charge on any atom is -0.386 e. The third-order valence-electron chi connectivity index (χ3n) is 24.6. The molecule has 6 aliphatic heterocycles. The van der Waals surface area contributed by atoms with Crippen LogP contribution in [0, 0.1) is 6.92 Å². The maximum atomic E-state index is 13.9. The molecule has 11 heterocycles. The molecule has 23 nitrogen and oxygen atoms in total. The van der Waals surface area contributed by atoms with Crippen molar-refractivity contribution in [3.63, 3.8) is 0 Å². The first kappa shape index (κ1) is 72.9. The number of carbonyl (C=O) groups is 12. The van der Waals surface area contributed by atoms with Crippen molar-refractivity contribution in [2.75, 3.05) is 26.8 Å². The summed E-state index contributed by atoms with van der Waals surface area (Å²) in [5.41, 5.74) is 8.16. The number of aromatic nitrogens is 5. The summed E-state index contributed by atoms with van der Waals surface area (Å²) < 4.78 is 28.9. The van der Waals surface area contributed by atoms with E-state index in [0.29, 0.717) is 122 Å². The predicted molar refractivity (Wildman–Crippen MR) is 467 cm³/mol. The van der Waals surface area contributed by atoms with Crippen LogP contribution in [-0.4, -0.2) is 93.2 Å². The lowest BCUT2D eigenvalue weighted by atomic mass is 9.82. The zero-order valence-electron chi connectivity index (χ0n) is 66.7. The van der Waals surface area contributed by atoms with Gasteiger partial charge in [-0.05, 0) is 219 Å². The first-order valence-electron chi connectivity index (χ1n) is 40.0. The van der Waals surface area contributed by atoms with Crippen molar-refractivity contribution in [3.05, 3.63) is 341 Å². The molecule has 0 N–H and O–H groups in total. The molecule has 0 unspecified atom stereocenters. The average molecular weight is 1640 g/mol. The molecule has 594 valence electrons. The first-order valence-corrected chi connectivity index (χ1v) is 39.3. The number of hydrogen-bond donors (Lipinski definition) is 0. The van der Waals surface area contributed by atoms with Crippen molar-refractivity contribution in [1.29, 1.82) is 0 Å². The zero-order chi connectivity index (χ0) is 86.4. The van der Waals surface area contributed by atoms with Gasteiger partial charge in [0.1, 0.15) is 14.1 Å². The Balaban J connectivity index is 0.000000107. The molecular weight excluding hydrogens is 1580 g/mol. The third kappa shape index (κ3) is 10.4. The number of hydrogen-bond acceptors (Lipinski definition) is 17. The van der Waals surface area contributed by atoms with E-state index in [1.165, 1.54) is 25.2 Å². The minimum absolute atomic E-state index is 0.345. The van der Waals surface area contributed by atoms with Gasteiger partial charge in [-0.15, -0.1) is 0 Å². The van der Waals surface area contributed by atoms with E-state index in [1.54, 1.807) is 183 Å². The number of alkyl halides is 1. The molecule has 0 aliphatic carbocycles. The molecule has 125 heavy (non-hydrogen) atoms. The second kappa shape index (κ2) is 27.4. The number of imide groups is 4. The van der Waals surface area contributed by atoms with E-state index in [2.05, 4.69) is 15.0 Å². The highest BCUT2D eigenvalue weighted by atomic mass is 19.1. The summed E-state index contributed by atoms with van der Waals surface area (Å²) in [4.78, 5) is 176. The predicted octanol–water partition coefficient (Wildman–Crippen LogP) is 17.4. The number of aryl methyl sites for hydroxylation is 3. The topological polar surface area (TPSA) is 283 Å². The fourth-order valence-corrected chi connectivity index (χ4v) is 19.1. The lowest BCUT2D eigenvalue weighted by Gasteiger charge is -2.30. The van der Waals surface area contributed by atoms with Gasteiger partial charge < -0.3 is 9.47 Å². The number of esters is 4. The van der Waals surface area contributed by atoms with Crippen LogP contribution in [0.3, 0.4) is 0 Å². The summed E-state index contributed by atoms with van der Waals surface area (Å²) in [5, 5.41) is 18.6. The molecule has 20 aromatic rings. The Morgan fingerprint density at radius 2 is 0.400 bits per heavy atom. The Morgan fingerprint density at radius 1 is 0.240 bits per heavy atom. The van der Waals surface area contributed by atoms with Gasteiger partial charge in [-0.3, -0.25) is 57.7 Å². The number of carbonyl (C=O) groups excluding carboxylic acids is 12. The molecule has 0 spiro atoms. The molecule has 8 amide bonds. The number of fused-ring (bicyclic) bond motifs is 6. The van der Waals surface area contributed by atoms with Gasteiger partial charge in [0.15, 0.2) is 24.8 Å². The average Bonchev–Trinajstić information content (AvgIpc) is 0.701. The molecule has 5 aromatic heterocycles. The van der Waals surface area contributed by atoms with Crippen molar-refractivity contribution in [3.8, 4) is 0 Å². The van der Waals surface area contributed by atoms with E-state index in [-0.39, 0.29) is 23.6 Å². The van der Waals surface area contributed by atoms with Crippen molar-refractivity contribution in [2.24, 2.45) is 14.1 Å². The number of amides is 8. The fourth-order valence-electron chi connectivity index (χ4n) is 19.1. The Hall–Kier alpha value is -17.3. The molecule has 0 saturated heterocycles. The van der Waals surface area contributed by atoms with E-state index in [1.807, 2.05) is 115 Å². The first-order chi connectivity index (χ1) is 61.2. The lowest BCUT2D eigenvalue weighted by Crippen LogP contribution is -2.41. The van der Waals surface area contributed by atoms with Gasteiger partial charge in [0.05, 0.1) is 53.5 Å². The second-order valence-corrected chi connectivity index (χ2v) is 30.9. The van der Waals surface area contributed by atoms with Gasteiger partial charge in [-0.2, -0.15) is 0 Å². The fraction of sp³-hybridized carbons (Fsp3) is 0.0396. The highest BCUT2D eigenvalue weighted by molar-refractivity contribution is 6.49. The maximum absolute atomic E-state index is 13.9.